The number of carbonyl (C=O) groups excluding carboxylic acids is 2. The van der Waals surface area contributed by atoms with Gasteiger partial charge in [0.1, 0.15) is 6.33 Å². The van der Waals surface area contributed by atoms with Crippen LogP contribution in [0.4, 0.5) is 8.78 Å². The largest absolute Gasteiger partial charge is 0.377 e. The summed E-state index contributed by atoms with van der Waals surface area (Å²) in [7, 11) is 0. The number of amides is 2. The lowest BCUT2D eigenvalue weighted by Crippen LogP contribution is -2.63. The van der Waals surface area contributed by atoms with Crippen LogP contribution in [0.25, 0.3) is 0 Å². The zero-order valence-electron chi connectivity index (χ0n) is 23.3. The second kappa shape index (κ2) is 10.2. The number of aromatic nitrogens is 2. The summed E-state index contributed by atoms with van der Waals surface area (Å²) in [6.07, 6.45) is 4.81. The first-order chi connectivity index (χ1) is 19.1. The zero-order chi connectivity index (χ0) is 28.1. The minimum absolute atomic E-state index is 0.00129. The monoisotopic (exact) mass is 549 g/mol. The van der Waals surface area contributed by atoms with E-state index in [0.29, 0.717) is 49.0 Å². The Hall–Kier alpha value is -3.36. The first-order valence-corrected chi connectivity index (χ1v) is 14.4. The lowest BCUT2D eigenvalue weighted by Gasteiger charge is -2.52. The lowest BCUT2D eigenvalue weighted by molar-refractivity contribution is -0.148. The fourth-order valence-electron chi connectivity index (χ4n) is 7.08. The van der Waals surface area contributed by atoms with E-state index in [1.54, 1.807) is 0 Å². The normalized spacial score (nSPS) is 23.6. The molecule has 1 aliphatic carbocycles. The molecular formula is C31H37F2N5O2. The van der Waals surface area contributed by atoms with Crippen LogP contribution in [0.1, 0.15) is 59.4 Å². The second-order valence-corrected chi connectivity index (χ2v) is 12.2. The highest BCUT2D eigenvalue weighted by molar-refractivity contribution is 5.96. The van der Waals surface area contributed by atoms with Gasteiger partial charge in [0.15, 0.2) is 0 Å². The minimum Gasteiger partial charge on any atom is -0.377 e. The molecular weight excluding hydrogens is 512 g/mol. The van der Waals surface area contributed by atoms with Crippen molar-refractivity contribution in [2.24, 2.45) is 11.8 Å². The molecule has 40 heavy (non-hydrogen) atoms. The second-order valence-electron chi connectivity index (χ2n) is 12.2. The molecule has 0 spiro atoms. The number of halogens is 2. The molecule has 2 amide bonds. The van der Waals surface area contributed by atoms with Crippen molar-refractivity contribution in [1.82, 2.24) is 24.7 Å². The quantitative estimate of drug-likeness (QED) is 0.536. The van der Waals surface area contributed by atoms with Crippen LogP contribution in [0.15, 0.2) is 48.4 Å². The molecule has 7 nitrogen and oxygen atoms in total. The van der Waals surface area contributed by atoms with Gasteiger partial charge in [-0.3, -0.25) is 9.59 Å². The van der Waals surface area contributed by atoms with Crippen molar-refractivity contribution in [2.75, 3.05) is 39.3 Å². The molecule has 2 aromatic rings. The predicted octanol–water partition coefficient (Wildman–Crippen LogP) is 4.36. The number of likely N-dealkylation sites (tertiary alicyclic amines) is 2. The van der Waals surface area contributed by atoms with E-state index in [1.165, 1.54) is 17.5 Å². The summed E-state index contributed by atoms with van der Waals surface area (Å²) in [6, 6.07) is 10.4. The predicted molar refractivity (Wildman–Crippen MR) is 147 cm³/mol. The summed E-state index contributed by atoms with van der Waals surface area (Å²) in [5.41, 5.74) is 4.42. The Bertz CT molecular complexity index is 1290. The van der Waals surface area contributed by atoms with Gasteiger partial charge in [-0.15, -0.1) is 0 Å². The van der Waals surface area contributed by atoms with E-state index in [-0.39, 0.29) is 48.8 Å². The Balaban J connectivity index is 1.08. The Morgan fingerprint density at radius 3 is 2.30 bits per heavy atom. The van der Waals surface area contributed by atoms with E-state index in [2.05, 4.69) is 33.2 Å². The van der Waals surface area contributed by atoms with Crippen LogP contribution in [0, 0.1) is 25.7 Å². The minimum atomic E-state index is -2.62. The first kappa shape index (κ1) is 26.8. The molecule has 9 heteroatoms. The number of carbonyl (C=O) groups is 2. The molecule has 1 saturated carbocycles. The van der Waals surface area contributed by atoms with Crippen LogP contribution >= 0.6 is 0 Å². The van der Waals surface area contributed by atoms with Gasteiger partial charge < -0.3 is 14.7 Å². The fraction of sp³-hybridized carbons (Fsp3) is 0.548. The maximum atomic E-state index is 13.6. The molecule has 1 aromatic heterocycles. The first-order valence-electron chi connectivity index (χ1n) is 14.4. The van der Waals surface area contributed by atoms with E-state index >= 15 is 0 Å². The van der Waals surface area contributed by atoms with Crippen LogP contribution in [-0.4, -0.2) is 81.7 Å². The summed E-state index contributed by atoms with van der Waals surface area (Å²) in [5, 5.41) is 0. The highest BCUT2D eigenvalue weighted by Gasteiger charge is 2.49. The number of aryl methyl sites for hydroxylation is 2. The summed E-state index contributed by atoms with van der Waals surface area (Å²) in [6.45, 7) is 8.04. The van der Waals surface area contributed by atoms with Gasteiger partial charge >= 0.3 is 0 Å². The van der Waals surface area contributed by atoms with Crippen LogP contribution in [0.2, 0.25) is 0 Å². The molecule has 3 aliphatic heterocycles. The van der Waals surface area contributed by atoms with Crippen LogP contribution in [-0.2, 0) is 10.2 Å². The van der Waals surface area contributed by atoms with Gasteiger partial charge in [-0.05, 0) is 44.2 Å². The van der Waals surface area contributed by atoms with Crippen molar-refractivity contribution in [1.29, 1.82) is 0 Å². The lowest BCUT2D eigenvalue weighted by atomic mass is 9.70. The van der Waals surface area contributed by atoms with E-state index in [1.807, 2.05) is 41.8 Å². The van der Waals surface area contributed by atoms with Gasteiger partial charge in [0.05, 0.1) is 17.0 Å². The van der Waals surface area contributed by atoms with Gasteiger partial charge in [-0.2, -0.15) is 0 Å². The molecule has 1 atom stereocenters. The standard InChI is InChI=1S/C31H37F2N5O2/c1-21-27(22(2)35-20-34-21)29(40)37-16-24-14-36(15-25(24)17-37)13-12-30(26-6-4-3-5-7-26)18-38(19-30)28(39)23-8-10-31(32,33)11-9-23/h3-7,14,20,23,25H,8-13,15-19H2,1-2H3. The topological polar surface area (TPSA) is 69.6 Å². The van der Waals surface area contributed by atoms with Gasteiger partial charge in [-0.25, -0.2) is 18.7 Å². The third kappa shape index (κ3) is 4.99. The molecule has 0 bridgehead atoms. The molecule has 4 heterocycles. The maximum Gasteiger partial charge on any atom is 0.257 e. The number of rotatable bonds is 6. The van der Waals surface area contributed by atoms with Gasteiger partial charge in [-0.1, -0.05) is 30.3 Å². The third-order valence-corrected chi connectivity index (χ3v) is 9.50. The smallest absolute Gasteiger partial charge is 0.257 e. The number of alkyl halides is 2. The number of nitrogens with zero attached hydrogens (tertiary/aromatic N) is 5. The Kier molecular flexibility index (Phi) is 6.87. The van der Waals surface area contributed by atoms with Gasteiger partial charge in [0, 0.05) is 75.6 Å². The number of benzene rings is 1. The van der Waals surface area contributed by atoms with Crippen molar-refractivity contribution < 1.29 is 18.4 Å². The summed E-state index contributed by atoms with van der Waals surface area (Å²) in [4.78, 5) is 41.0. The van der Waals surface area contributed by atoms with Crippen molar-refractivity contribution in [3.05, 3.63) is 70.9 Å². The number of hydrogen-bond donors (Lipinski definition) is 0. The molecule has 2 saturated heterocycles. The van der Waals surface area contributed by atoms with E-state index in [0.717, 1.165) is 19.5 Å². The molecule has 212 valence electrons. The average molecular weight is 550 g/mol. The molecule has 1 aromatic carbocycles. The SMILES string of the molecule is Cc1ncnc(C)c1C(=O)N1CC2=CN(CCC3(c4ccccc4)CN(C(=O)C4CCC(F)(F)CC4)C3)CC2C1. The summed E-state index contributed by atoms with van der Waals surface area (Å²) >= 11 is 0. The fourth-order valence-corrected chi connectivity index (χ4v) is 7.08. The Labute approximate surface area is 234 Å². The molecule has 4 aliphatic rings. The molecule has 6 rings (SSSR count). The highest BCUT2D eigenvalue weighted by atomic mass is 19.3. The Morgan fingerprint density at radius 2 is 1.65 bits per heavy atom. The van der Waals surface area contributed by atoms with Crippen molar-refractivity contribution in [2.45, 2.75) is 57.3 Å². The number of fused-ring (bicyclic) bond motifs is 1. The van der Waals surface area contributed by atoms with Crippen LogP contribution < -0.4 is 0 Å². The van der Waals surface area contributed by atoms with Crippen LogP contribution in [0.3, 0.4) is 0 Å². The zero-order valence-corrected chi connectivity index (χ0v) is 23.3. The summed E-state index contributed by atoms with van der Waals surface area (Å²) in [5.74, 6) is -2.54. The van der Waals surface area contributed by atoms with E-state index < -0.39 is 5.92 Å². The average Bonchev–Trinajstić information content (AvgIpc) is 3.47. The van der Waals surface area contributed by atoms with Gasteiger partial charge in [0.2, 0.25) is 11.8 Å². The molecule has 3 fully saturated rings. The highest BCUT2D eigenvalue weighted by Crippen LogP contribution is 2.42. The molecule has 1 unspecified atom stereocenters. The Morgan fingerprint density at radius 1 is 0.975 bits per heavy atom. The van der Waals surface area contributed by atoms with Crippen molar-refractivity contribution in [3.63, 3.8) is 0 Å². The maximum absolute atomic E-state index is 13.6. The van der Waals surface area contributed by atoms with E-state index in [4.69, 9.17) is 0 Å². The number of hydrogen-bond acceptors (Lipinski definition) is 5. The van der Waals surface area contributed by atoms with Crippen LogP contribution in [0.5, 0.6) is 0 Å². The molecule has 0 N–H and O–H groups in total. The molecule has 0 radical (unpaired) electrons. The van der Waals surface area contributed by atoms with Crippen molar-refractivity contribution in [3.8, 4) is 0 Å². The summed E-state index contributed by atoms with van der Waals surface area (Å²) < 4.78 is 27.3. The van der Waals surface area contributed by atoms with E-state index in [9.17, 15) is 18.4 Å². The van der Waals surface area contributed by atoms with Gasteiger partial charge in [0.25, 0.3) is 5.91 Å². The third-order valence-electron chi connectivity index (χ3n) is 9.50. The van der Waals surface area contributed by atoms with Crippen molar-refractivity contribution >= 4 is 11.8 Å².